The molecule has 0 saturated heterocycles. The zero-order chi connectivity index (χ0) is 15.3. The van der Waals surface area contributed by atoms with Crippen molar-refractivity contribution in [1.82, 2.24) is 5.32 Å². The molecule has 0 radical (unpaired) electrons. The third-order valence-electron chi connectivity index (χ3n) is 5.06. The van der Waals surface area contributed by atoms with Gasteiger partial charge in [0, 0.05) is 12.6 Å². The van der Waals surface area contributed by atoms with E-state index in [2.05, 4.69) is 12.2 Å². The largest absolute Gasteiger partial charge is 0.466 e. The van der Waals surface area contributed by atoms with Crippen LogP contribution in [0.5, 0.6) is 0 Å². The lowest BCUT2D eigenvalue weighted by molar-refractivity contribution is -0.151. The lowest BCUT2D eigenvalue weighted by Crippen LogP contribution is -2.47. The second-order valence-corrected chi connectivity index (χ2v) is 6.92. The third kappa shape index (κ3) is 5.26. The maximum absolute atomic E-state index is 11.7. The Bertz CT molecular complexity index is 333. The predicted molar refractivity (Wildman–Crippen MR) is 83.0 cm³/mol. The second kappa shape index (κ2) is 7.59. The van der Waals surface area contributed by atoms with Crippen LogP contribution in [-0.4, -0.2) is 35.9 Å². The van der Waals surface area contributed by atoms with E-state index in [-0.39, 0.29) is 11.9 Å². The average molecular weight is 297 g/mol. The van der Waals surface area contributed by atoms with E-state index >= 15 is 0 Å². The summed E-state index contributed by atoms with van der Waals surface area (Å²) >= 11 is 0. The molecule has 2 rings (SSSR count). The molecule has 21 heavy (non-hydrogen) atoms. The van der Waals surface area contributed by atoms with Crippen molar-refractivity contribution in [1.29, 1.82) is 0 Å². The Kier molecular flexibility index (Phi) is 6.06. The normalized spacial score (nSPS) is 30.9. The van der Waals surface area contributed by atoms with Crippen molar-refractivity contribution in [2.24, 2.45) is 11.8 Å². The number of aliphatic hydroxyl groups is 1. The van der Waals surface area contributed by atoms with Crippen LogP contribution in [0.25, 0.3) is 0 Å². The van der Waals surface area contributed by atoms with Gasteiger partial charge in [-0.2, -0.15) is 0 Å². The molecule has 1 atom stereocenters. The quantitative estimate of drug-likeness (QED) is 0.676. The standard InChI is InChI=1S/C17H31NO3/c1-3-15(11-13-5-6-13)18-12-17(20)9-7-14(8-10-17)16(19)21-4-2/h13-15,18,20H,3-12H2,1-2H3. The van der Waals surface area contributed by atoms with Crippen LogP contribution in [0.15, 0.2) is 0 Å². The summed E-state index contributed by atoms with van der Waals surface area (Å²) in [4.78, 5) is 11.7. The first-order valence-corrected chi connectivity index (χ1v) is 8.68. The van der Waals surface area contributed by atoms with E-state index in [1.165, 1.54) is 19.3 Å². The van der Waals surface area contributed by atoms with Gasteiger partial charge in [-0.15, -0.1) is 0 Å². The molecule has 0 spiro atoms. The topological polar surface area (TPSA) is 58.6 Å². The van der Waals surface area contributed by atoms with Crippen molar-refractivity contribution in [2.45, 2.75) is 76.9 Å². The molecule has 2 fully saturated rings. The summed E-state index contributed by atoms with van der Waals surface area (Å²) in [6.07, 6.45) is 8.02. The summed E-state index contributed by atoms with van der Waals surface area (Å²) in [5.74, 6) is 0.808. The van der Waals surface area contributed by atoms with Gasteiger partial charge in [0.2, 0.25) is 0 Å². The Labute approximate surface area is 128 Å². The van der Waals surface area contributed by atoms with Gasteiger partial charge in [-0.25, -0.2) is 0 Å². The monoisotopic (exact) mass is 297 g/mol. The summed E-state index contributed by atoms with van der Waals surface area (Å²) in [7, 11) is 0. The van der Waals surface area contributed by atoms with E-state index in [9.17, 15) is 9.90 Å². The molecule has 1 unspecified atom stereocenters. The van der Waals surface area contributed by atoms with Crippen LogP contribution in [0.2, 0.25) is 0 Å². The van der Waals surface area contributed by atoms with Crippen LogP contribution in [0.1, 0.15) is 65.2 Å². The smallest absolute Gasteiger partial charge is 0.308 e. The Morgan fingerprint density at radius 2 is 1.95 bits per heavy atom. The van der Waals surface area contributed by atoms with Gasteiger partial charge in [0.25, 0.3) is 0 Å². The van der Waals surface area contributed by atoms with Crippen LogP contribution >= 0.6 is 0 Å². The van der Waals surface area contributed by atoms with Crippen LogP contribution in [0.4, 0.5) is 0 Å². The van der Waals surface area contributed by atoms with Crippen molar-refractivity contribution in [3.63, 3.8) is 0 Å². The van der Waals surface area contributed by atoms with Crippen LogP contribution in [0.3, 0.4) is 0 Å². The number of esters is 1. The number of carbonyl (C=O) groups excluding carboxylic acids is 1. The zero-order valence-electron chi connectivity index (χ0n) is 13.6. The molecule has 0 bridgehead atoms. The maximum atomic E-state index is 11.7. The fourth-order valence-electron chi connectivity index (χ4n) is 3.31. The van der Waals surface area contributed by atoms with E-state index in [4.69, 9.17) is 4.74 Å². The first kappa shape index (κ1) is 16.8. The number of hydrogen-bond donors (Lipinski definition) is 2. The van der Waals surface area contributed by atoms with Crippen molar-refractivity contribution >= 4 is 5.97 Å². The molecule has 2 N–H and O–H groups in total. The van der Waals surface area contributed by atoms with Crippen LogP contribution in [0, 0.1) is 11.8 Å². The molecule has 0 heterocycles. The lowest BCUT2D eigenvalue weighted by Gasteiger charge is -2.36. The highest BCUT2D eigenvalue weighted by Gasteiger charge is 2.36. The van der Waals surface area contributed by atoms with Crippen molar-refractivity contribution in [3.05, 3.63) is 0 Å². The highest BCUT2D eigenvalue weighted by molar-refractivity contribution is 5.72. The first-order valence-electron chi connectivity index (χ1n) is 8.68. The minimum absolute atomic E-state index is 0.0151. The number of carbonyl (C=O) groups is 1. The Hall–Kier alpha value is -0.610. The van der Waals surface area contributed by atoms with E-state index in [0.29, 0.717) is 32.0 Å². The van der Waals surface area contributed by atoms with Gasteiger partial charge in [-0.3, -0.25) is 4.79 Å². The Morgan fingerprint density at radius 3 is 2.48 bits per heavy atom. The summed E-state index contributed by atoms with van der Waals surface area (Å²) < 4.78 is 5.08. The minimum atomic E-state index is -0.639. The Morgan fingerprint density at radius 1 is 1.29 bits per heavy atom. The highest BCUT2D eigenvalue weighted by Crippen LogP contribution is 2.35. The van der Waals surface area contributed by atoms with Gasteiger partial charge in [-0.1, -0.05) is 19.8 Å². The molecular weight excluding hydrogens is 266 g/mol. The molecular formula is C17H31NO3. The molecule has 4 heteroatoms. The fourth-order valence-corrected chi connectivity index (χ4v) is 3.31. The van der Waals surface area contributed by atoms with Crippen molar-refractivity contribution < 1.29 is 14.6 Å². The minimum Gasteiger partial charge on any atom is -0.466 e. The molecule has 0 aromatic carbocycles. The van der Waals surface area contributed by atoms with Gasteiger partial charge in [-0.05, 0) is 51.4 Å². The lowest BCUT2D eigenvalue weighted by atomic mass is 9.78. The van der Waals surface area contributed by atoms with Gasteiger partial charge in [0.15, 0.2) is 0 Å². The highest BCUT2D eigenvalue weighted by atomic mass is 16.5. The summed E-state index contributed by atoms with van der Waals surface area (Å²) in [5.41, 5.74) is -0.639. The van der Waals surface area contributed by atoms with E-state index in [1.807, 2.05) is 6.92 Å². The van der Waals surface area contributed by atoms with E-state index in [0.717, 1.165) is 25.2 Å². The SMILES string of the molecule is CCOC(=O)C1CCC(O)(CNC(CC)CC2CC2)CC1. The molecule has 122 valence electrons. The van der Waals surface area contributed by atoms with Crippen molar-refractivity contribution in [2.75, 3.05) is 13.2 Å². The van der Waals surface area contributed by atoms with Gasteiger partial charge >= 0.3 is 5.97 Å². The molecule has 2 aliphatic carbocycles. The second-order valence-electron chi connectivity index (χ2n) is 6.92. The number of hydrogen-bond acceptors (Lipinski definition) is 4. The molecule has 4 nitrogen and oxygen atoms in total. The zero-order valence-corrected chi connectivity index (χ0v) is 13.6. The van der Waals surface area contributed by atoms with Crippen molar-refractivity contribution in [3.8, 4) is 0 Å². The summed E-state index contributed by atoms with van der Waals surface area (Å²) in [6, 6.07) is 0.532. The summed E-state index contributed by atoms with van der Waals surface area (Å²) in [6.45, 7) is 5.15. The number of nitrogens with one attached hydrogen (secondary N) is 1. The van der Waals surface area contributed by atoms with E-state index < -0.39 is 5.60 Å². The molecule has 0 aromatic heterocycles. The van der Waals surface area contributed by atoms with Gasteiger partial charge in [0.1, 0.15) is 0 Å². The Balaban J connectivity index is 1.72. The molecule has 2 aliphatic rings. The summed E-state index contributed by atoms with van der Waals surface area (Å²) in [5, 5.41) is 14.2. The fraction of sp³-hybridized carbons (Fsp3) is 0.941. The van der Waals surface area contributed by atoms with E-state index in [1.54, 1.807) is 0 Å². The predicted octanol–water partition coefficient (Wildman–Crippen LogP) is 2.64. The number of ether oxygens (including phenoxy) is 1. The van der Waals surface area contributed by atoms with Gasteiger partial charge < -0.3 is 15.2 Å². The molecule has 0 amide bonds. The molecule has 0 aliphatic heterocycles. The average Bonchev–Trinajstić information content (AvgIpc) is 3.28. The first-order chi connectivity index (χ1) is 10.1. The van der Waals surface area contributed by atoms with Crippen LogP contribution in [-0.2, 0) is 9.53 Å². The third-order valence-corrected chi connectivity index (χ3v) is 5.06. The molecule has 2 saturated carbocycles. The maximum Gasteiger partial charge on any atom is 0.308 e. The number of rotatable bonds is 8. The van der Waals surface area contributed by atoms with Gasteiger partial charge in [0.05, 0.1) is 18.1 Å². The van der Waals surface area contributed by atoms with Crippen LogP contribution < -0.4 is 5.32 Å². The molecule has 0 aromatic rings.